The zero-order valence-corrected chi connectivity index (χ0v) is 9.60. The third kappa shape index (κ3) is 2.42. The molecule has 0 aliphatic carbocycles. The second-order valence-corrected chi connectivity index (χ2v) is 3.60. The highest BCUT2D eigenvalue weighted by Crippen LogP contribution is 2.21. The Labute approximate surface area is 102 Å². The van der Waals surface area contributed by atoms with Crippen molar-refractivity contribution >= 4 is 22.6 Å². The lowest BCUT2D eigenvalue weighted by Gasteiger charge is -2.04. The van der Waals surface area contributed by atoms with E-state index in [0.29, 0.717) is 16.7 Å². The average Bonchev–Trinajstić information content (AvgIpc) is 2.35. The van der Waals surface area contributed by atoms with Crippen LogP contribution in [0.5, 0.6) is 5.75 Å². The van der Waals surface area contributed by atoms with E-state index in [0.717, 1.165) is 0 Å². The van der Waals surface area contributed by atoms with E-state index < -0.39 is 11.6 Å². The van der Waals surface area contributed by atoms with Crippen LogP contribution >= 0.6 is 0 Å². The van der Waals surface area contributed by atoms with Crippen molar-refractivity contribution in [3.8, 4) is 5.75 Å². The van der Waals surface area contributed by atoms with Crippen LogP contribution in [0.25, 0.3) is 11.0 Å². The minimum absolute atomic E-state index is 0.120. The number of aliphatic carboxylic acids is 1. The number of methoxy groups -OCH3 is 1. The minimum atomic E-state index is -1.05. The smallest absolute Gasteiger partial charge is 0.359 e. The molecule has 2 aromatic rings. The molecule has 0 bridgehead atoms. The van der Waals surface area contributed by atoms with Crippen LogP contribution in [-0.4, -0.2) is 24.7 Å². The number of ether oxygens (including phenoxy) is 1. The van der Waals surface area contributed by atoms with Crippen LogP contribution in [-0.2, 0) is 4.79 Å². The lowest BCUT2D eigenvalue weighted by atomic mass is 10.2. The van der Waals surface area contributed by atoms with Crippen molar-refractivity contribution in [3.63, 3.8) is 0 Å². The SMILES string of the molecule is COc1ccc2cc(NCC(=O)O)c(=O)oc2c1. The van der Waals surface area contributed by atoms with E-state index in [1.165, 1.54) is 7.11 Å². The highest BCUT2D eigenvalue weighted by molar-refractivity contribution is 5.81. The van der Waals surface area contributed by atoms with E-state index in [4.69, 9.17) is 14.3 Å². The first-order valence-corrected chi connectivity index (χ1v) is 5.17. The zero-order valence-electron chi connectivity index (χ0n) is 9.60. The largest absolute Gasteiger partial charge is 0.497 e. The normalized spacial score (nSPS) is 10.3. The molecule has 1 heterocycles. The van der Waals surface area contributed by atoms with E-state index in [1.807, 2.05) is 0 Å². The van der Waals surface area contributed by atoms with Gasteiger partial charge in [0.05, 0.1) is 7.11 Å². The second-order valence-electron chi connectivity index (χ2n) is 3.60. The maximum atomic E-state index is 11.6. The van der Waals surface area contributed by atoms with Gasteiger partial charge in [-0.2, -0.15) is 0 Å². The van der Waals surface area contributed by atoms with E-state index >= 15 is 0 Å². The number of carbonyl (C=O) groups is 1. The van der Waals surface area contributed by atoms with Gasteiger partial charge in [-0.1, -0.05) is 0 Å². The molecule has 0 saturated heterocycles. The topological polar surface area (TPSA) is 88.8 Å². The Morgan fingerprint density at radius 2 is 2.22 bits per heavy atom. The fourth-order valence-electron chi connectivity index (χ4n) is 1.51. The number of hydrogen-bond donors (Lipinski definition) is 2. The molecule has 6 nitrogen and oxygen atoms in total. The highest BCUT2D eigenvalue weighted by Gasteiger charge is 2.07. The lowest BCUT2D eigenvalue weighted by Crippen LogP contribution is -2.17. The summed E-state index contributed by atoms with van der Waals surface area (Å²) in [5.74, 6) is -0.471. The van der Waals surface area contributed by atoms with Gasteiger partial charge >= 0.3 is 11.6 Å². The van der Waals surface area contributed by atoms with Crippen molar-refractivity contribution in [2.75, 3.05) is 19.0 Å². The monoisotopic (exact) mass is 249 g/mol. The Kier molecular flexibility index (Phi) is 3.18. The molecule has 0 saturated carbocycles. The molecule has 2 rings (SSSR count). The van der Waals surface area contributed by atoms with Crippen LogP contribution in [0.3, 0.4) is 0 Å². The first-order valence-electron chi connectivity index (χ1n) is 5.17. The van der Waals surface area contributed by atoms with Crippen molar-refractivity contribution in [2.24, 2.45) is 0 Å². The van der Waals surface area contributed by atoms with E-state index in [2.05, 4.69) is 5.32 Å². The predicted molar refractivity (Wildman–Crippen MR) is 65.2 cm³/mol. The van der Waals surface area contributed by atoms with Crippen molar-refractivity contribution < 1.29 is 19.1 Å². The summed E-state index contributed by atoms with van der Waals surface area (Å²) in [5, 5.41) is 11.7. The molecule has 0 fully saturated rings. The third-order valence-corrected chi connectivity index (χ3v) is 2.37. The molecule has 6 heteroatoms. The fourth-order valence-corrected chi connectivity index (χ4v) is 1.51. The number of hydrogen-bond acceptors (Lipinski definition) is 5. The second kappa shape index (κ2) is 4.79. The Morgan fingerprint density at radius 1 is 1.44 bits per heavy atom. The van der Waals surface area contributed by atoms with Gasteiger partial charge in [-0.3, -0.25) is 4.79 Å². The maximum Gasteiger partial charge on any atom is 0.359 e. The summed E-state index contributed by atoms with van der Waals surface area (Å²) in [6.45, 7) is -0.341. The first-order chi connectivity index (χ1) is 8.60. The number of anilines is 1. The van der Waals surface area contributed by atoms with Gasteiger partial charge in [0.2, 0.25) is 0 Å². The van der Waals surface area contributed by atoms with Crippen molar-refractivity contribution in [2.45, 2.75) is 0 Å². The van der Waals surface area contributed by atoms with Gasteiger partial charge in [0.15, 0.2) is 0 Å². The number of benzene rings is 1. The van der Waals surface area contributed by atoms with Gasteiger partial charge in [-0.15, -0.1) is 0 Å². The summed E-state index contributed by atoms with van der Waals surface area (Å²) in [6.07, 6.45) is 0. The molecule has 0 unspecified atom stereocenters. The number of carboxylic acids is 1. The molecule has 18 heavy (non-hydrogen) atoms. The van der Waals surface area contributed by atoms with Crippen LogP contribution < -0.4 is 15.7 Å². The van der Waals surface area contributed by atoms with E-state index in [1.54, 1.807) is 24.3 Å². The van der Waals surface area contributed by atoms with Gasteiger partial charge in [0, 0.05) is 11.5 Å². The molecule has 94 valence electrons. The molecule has 0 aliphatic heterocycles. The lowest BCUT2D eigenvalue weighted by molar-refractivity contribution is -0.134. The molecular weight excluding hydrogens is 238 g/mol. The van der Waals surface area contributed by atoms with Crippen LogP contribution in [0, 0.1) is 0 Å². The summed E-state index contributed by atoms with van der Waals surface area (Å²) in [4.78, 5) is 22.0. The summed E-state index contributed by atoms with van der Waals surface area (Å²) in [5.41, 5.74) is -0.104. The maximum absolute atomic E-state index is 11.6. The average molecular weight is 249 g/mol. The van der Waals surface area contributed by atoms with Gasteiger partial charge < -0.3 is 19.6 Å². The summed E-state index contributed by atoms with van der Waals surface area (Å²) in [6, 6.07) is 6.59. The predicted octanol–water partition coefficient (Wildman–Crippen LogP) is 1.30. The summed E-state index contributed by atoms with van der Waals surface area (Å²) in [7, 11) is 1.52. The molecule has 0 spiro atoms. The molecule has 0 radical (unpaired) electrons. The van der Waals surface area contributed by atoms with Gasteiger partial charge in [0.25, 0.3) is 0 Å². The number of rotatable bonds is 4. The third-order valence-electron chi connectivity index (χ3n) is 2.37. The standard InChI is InChI=1S/C12H11NO5/c1-17-8-3-2-7-4-9(13-6-11(14)15)12(16)18-10(7)5-8/h2-5,13H,6H2,1H3,(H,14,15). The summed E-state index contributed by atoms with van der Waals surface area (Å²) >= 11 is 0. The molecular formula is C12H11NO5. The highest BCUT2D eigenvalue weighted by atomic mass is 16.5. The van der Waals surface area contributed by atoms with Gasteiger partial charge in [-0.05, 0) is 18.2 Å². The fraction of sp³-hybridized carbons (Fsp3) is 0.167. The minimum Gasteiger partial charge on any atom is -0.497 e. The zero-order chi connectivity index (χ0) is 13.1. The molecule has 1 aromatic carbocycles. The molecule has 2 N–H and O–H groups in total. The van der Waals surface area contributed by atoms with Crippen molar-refractivity contribution in [1.29, 1.82) is 0 Å². The van der Waals surface area contributed by atoms with Crippen LogP contribution in [0.2, 0.25) is 0 Å². The van der Waals surface area contributed by atoms with E-state index in [9.17, 15) is 9.59 Å². The Balaban J connectivity index is 2.43. The Bertz CT molecular complexity index is 646. The van der Waals surface area contributed by atoms with Gasteiger partial charge in [0.1, 0.15) is 23.6 Å². The van der Waals surface area contributed by atoms with E-state index in [-0.39, 0.29) is 12.2 Å². The first kappa shape index (κ1) is 12.0. The molecule has 1 aromatic heterocycles. The van der Waals surface area contributed by atoms with Crippen molar-refractivity contribution in [1.82, 2.24) is 0 Å². The Hall–Kier alpha value is -2.50. The van der Waals surface area contributed by atoms with Crippen molar-refractivity contribution in [3.05, 3.63) is 34.7 Å². The number of nitrogens with one attached hydrogen (secondary N) is 1. The van der Waals surface area contributed by atoms with Gasteiger partial charge in [-0.25, -0.2) is 4.79 Å². The quantitative estimate of drug-likeness (QED) is 0.794. The number of carboxylic acid groups (broad SMARTS) is 1. The number of fused-ring (bicyclic) bond motifs is 1. The van der Waals surface area contributed by atoms with Crippen LogP contribution in [0.15, 0.2) is 33.5 Å². The molecule has 0 amide bonds. The van der Waals surface area contributed by atoms with Crippen LogP contribution in [0.1, 0.15) is 0 Å². The molecule has 0 atom stereocenters. The van der Waals surface area contributed by atoms with Crippen LogP contribution in [0.4, 0.5) is 5.69 Å². The Morgan fingerprint density at radius 3 is 2.89 bits per heavy atom. The molecule has 0 aliphatic rings. The summed E-state index contributed by atoms with van der Waals surface area (Å²) < 4.78 is 10.1.